The molecule has 1 aliphatic rings. The van der Waals surface area contributed by atoms with Crippen LogP contribution in [0.3, 0.4) is 0 Å². The average molecular weight is 460 g/mol. The van der Waals surface area contributed by atoms with Crippen LogP contribution >= 0.6 is 0 Å². The molecule has 3 aromatic rings. The molecular formula is C26H22F2N4O2. The van der Waals surface area contributed by atoms with E-state index in [1.54, 1.807) is 18.3 Å². The van der Waals surface area contributed by atoms with Gasteiger partial charge in [0, 0.05) is 42.5 Å². The third-order valence-corrected chi connectivity index (χ3v) is 5.68. The number of benzene rings is 2. The van der Waals surface area contributed by atoms with Crippen molar-refractivity contribution >= 4 is 17.6 Å². The summed E-state index contributed by atoms with van der Waals surface area (Å²) in [5.74, 6) is 2.86. The molecule has 0 saturated carbocycles. The molecular weight excluding hydrogens is 438 g/mol. The predicted octanol–water partition coefficient (Wildman–Crippen LogP) is 4.33. The number of aromatic nitrogens is 2. The summed E-state index contributed by atoms with van der Waals surface area (Å²) in [4.78, 5) is 35.7. The van der Waals surface area contributed by atoms with Gasteiger partial charge < -0.3 is 4.90 Å². The van der Waals surface area contributed by atoms with Gasteiger partial charge >= 0.3 is 6.03 Å². The monoisotopic (exact) mass is 460 g/mol. The Morgan fingerprint density at radius 2 is 1.74 bits per heavy atom. The second kappa shape index (κ2) is 10.2. The molecule has 1 aromatic heterocycles. The molecule has 0 aliphatic carbocycles. The topological polar surface area (TPSA) is 66.4 Å². The third-order valence-electron chi connectivity index (χ3n) is 5.68. The van der Waals surface area contributed by atoms with Crippen molar-refractivity contribution in [1.82, 2.24) is 14.9 Å². The number of amides is 3. The van der Waals surface area contributed by atoms with Gasteiger partial charge in [-0.2, -0.15) is 0 Å². The number of anilines is 1. The van der Waals surface area contributed by atoms with Crippen LogP contribution in [0.15, 0.2) is 61.1 Å². The molecule has 0 bridgehead atoms. The Kier molecular flexibility index (Phi) is 6.93. The Morgan fingerprint density at radius 1 is 1.03 bits per heavy atom. The molecule has 34 heavy (non-hydrogen) atoms. The second-order valence-corrected chi connectivity index (χ2v) is 7.98. The van der Waals surface area contributed by atoms with E-state index in [1.807, 2.05) is 24.3 Å². The molecule has 8 heteroatoms. The van der Waals surface area contributed by atoms with E-state index in [0.717, 1.165) is 17.8 Å². The Morgan fingerprint density at radius 3 is 2.41 bits per heavy atom. The SMILES string of the molecule is CN1C(=O)N(c2c(F)cc(C#Cc3ccccc3)cc2F)C(=O)CC1CCCc1ccncn1. The maximum atomic E-state index is 14.9. The number of hydrogen-bond donors (Lipinski definition) is 0. The van der Waals surface area contributed by atoms with Gasteiger partial charge in [0.15, 0.2) is 11.6 Å². The zero-order valence-electron chi connectivity index (χ0n) is 18.5. The lowest BCUT2D eigenvalue weighted by molar-refractivity contribution is -0.120. The first-order valence-electron chi connectivity index (χ1n) is 10.8. The van der Waals surface area contributed by atoms with Gasteiger partial charge in [-0.05, 0) is 49.6 Å². The third kappa shape index (κ3) is 5.09. The molecule has 1 fully saturated rings. The maximum absolute atomic E-state index is 14.9. The summed E-state index contributed by atoms with van der Waals surface area (Å²) in [7, 11) is 1.53. The van der Waals surface area contributed by atoms with Crippen molar-refractivity contribution in [3.05, 3.63) is 89.5 Å². The number of hydrogen-bond acceptors (Lipinski definition) is 4. The largest absolute Gasteiger partial charge is 0.331 e. The fourth-order valence-electron chi connectivity index (χ4n) is 3.87. The first kappa shape index (κ1) is 23.1. The molecule has 2 heterocycles. The quantitative estimate of drug-likeness (QED) is 0.532. The van der Waals surface area contributed by atoms with Crippen LogP contribution in [0.2, 0.25) is 0 Å². The summed E-state index contributed by atoms with van der Waals surface area (Å²) in [5, 5.41) is 0. The van der Waals surface area contributed by atoms with Gasteiger partial charge in [-0.15, -0.1) is 0 Å². The number of carbonyl (C=O) groups excluding carboxylic acids is 2. The van der Waals surface area contributed by atoms with Gasteiger partial charge in [-0.25, -0.2) is 28.4 Å². The molecule has 1 aliphatic heterocycles. The fraction of sp³-hybridized carbons (Fsp3) is 0.231. The van der Waals surface area contributed by atoms with E-state index < -0.39 is 29.3 Å². The smallest absolute Gasteiger partial charge is 0.324 e. The molecule has 6 nitrogen and oxygen atoms in total. The molecule has 4 rings (SSSR count). The lowest BCUT2D eigenvalue weighted by Gasteiger charge is -2.38. The minimum atomic E-state index is -1.02. The van der Waals surface area contributed by atoms with Crippen molar-refractivity contribution in [2.45, 2.75) is 31.7 Å². The van der Waals surface area contributed by atoms with Crippen molar-refractivity contribution in [2.75, 3.05) is 11.9 Å². The van der Waals surface area contributed by atoms with Gasteiger partial charge in [-0.1, -0.05) is 30.0 Å². The minimum Gasteiger partial charge on any atom is -0.324 e. The second-order valence-electron chi connectivity index (χ2n) is 7.98. The van der Waals surface area contributed by atoms with E-state index in [2.05, 4.69) is 21.8 Å². The van der Waals surface area contributed by atoms with Crippen molar-refractivity contribution in [3.8, 4) is 11.8 Å². The zero-order chi connectivity index (χ0) is 24.1. The van der Waals surface area contributed by atoms with Crippen LogP contribution in [0.25, 0.3) is 0 Å². The van der Waals surface area contributed by atoms with Crippen molar-refractivity contribution in [3.63, 3.8) is 0 Å². The van der Waals surface area contributed by atoms with E-state index >= 15 is 0 Å². The van der Waals surface area contributed by atoms with E-state index in [4.69, 9.17) is 0 Å². The van der Waals surface area contributed by atoms with Gasteiger partial charge in [0.2, 0.25) is 5.91 Å². The lowest BCUT2D eigenvalue weighted by atomic mass is 10.0. The summed E-state index contributed by atoms with van der Waals surface area (Å²) in [6.07, 6.45) is 5.03. The van der Waals surface area contributed by atoms with Crippen molar-refractivity contribution in [1.29, 1.82) is 0 Å². The highest BCUT2D eigenvalue weighted by Gasteiger charge is 2.39. The predicted molar refractivity (Wildman–Crippen MR) is 123 cm³/mol. The number of nitrogens with zero attached hydrogens (tertiary/aromatic N) is 4. The first-order chi connectivity index (χ1) is 16.4. The van der Waals surface area contributed by atoms with Crippen molar-refractivity contribution < 1.29 is 18.4 Å². The van der Waals surface area contributed by atoms with Crippen LogP contribution in [0, 0.1) is 23.5 Å². The maximum Gasteiger partial charge on any atom is 0.331 e. The zero-order valence-corrected chi connectivity index (χ0v) is 18.5. The van der Waals surface area contributed by atoms with Crippen LogP contribution in [0.5, 0.6) is 0 Å². The summed E-state index contributed by atoms with van der Waals surface area (Å²) in [6.45, 7) is 0. The minimum absolute atomic E-state index is 0.0273. The summed E-state index contributed by atoms with van der Waals surface area (Å²) < 4.78 is 29.8. The molecule has 1 unspecified atom stereocenters. The molecule has 1 atom stereocenters. The first-order valence-corrected chi connectivity index (χ1v) is 10.8. The van der Waals surface area contributed by atoms with Gasteiger partial charge in [0.05, 0.1) is 0 Å². The lowest BCUT2D eigenvalue weighted by Crippen LogP contribution is -2.56. The number of halogens is 2. The van der Waals surface area contributed by atoms with Crippen LogP contribution in [0.4, 0.5) is 19.3 Å². The van der Waals surface area contributed by atoms with E-state index in [1.165, 1.54) is 18.3 Å². The van der Waals surface area contributed by atoms with Crippen molar-refractivity contribution in [2.24, 2.45) is 0 Å². The van der Waals surface area contributed by atoms with E-state index in [0.29, 0.717) is 29.7 Å². The molecule has 172 valence electrons. The molecule has 1 saturated heterocycles. The Balaban J connectivity index is 1.48. The number of urea groups is 1. The summed E-state index contributed by atoms with van der Waals surface area (Å²) in [5.41, 5.74) is 0.996. The molecule has 0 radical (unpaired) electrons. The number of aryl methyl sites for hydroxylation is 1. The van der Waals surface area contributed by atoms with Crippen LogP contribution in [-0.4, -0.2) is 39.9 Å². The number of imide groups is 1. The Bertz CT molecular complexity index is 1230. The summed E-state index contributed by atoms with van der Waals surface area (Å²) in [6, 6.07) is 11.8. The molecule has 0 N–H and O–H groups in total. The van der Waals surface area contributed by atoms with E-state index in [-0.39, 0.29) is 18.0 Å². The highest BCUT2D eigenvalue weighted by Crippen LogP contribution is 2.31. The summed E-state index contributed by atoms with van der Waals surface area (Å²) >= 11 is 0. The molecule has 2 aromatic carbocycles. The number of rotatable bonds is 5. The highest BCUT2D eigenvalue weighted by molar-refractivity contribution is 6.16. The molecule has 3 amide bonds. The number of carbonyl (C=O) groups is 2. The Labute approximate surface area is 196 Å². The van der Waals surface area contributed by atoms with Crippen LogP contribution in [-0.2, 0) is 11.2 Å². The normalized spacial score (nSPS) is 15.8. The van der Waals surface area contributed by atoms with E-state index in [9.17, 15) is 18.4 Å². The standard InChI is InChI=1S/C26H22F2N4O2/c1-31-21(9-5-8-20-12-13-29-17-30-20)16-24(33)32(26(31)34)25-22(27)14-19(15-23(25)28)11-10-18-6-3-2-4-7-18/h2-4,6-7,12-15,17,21H,5,8-9,16H2,1H3. The van der Waals surface area contributed by atoms with Gasteiger partial charge in [0.1, 0.15) is 12.0 Å². The van der Waals surface area contributed by atoms with Crippen LogP contribution in [0.1, 0.15) is 36.1 Å². The molecule has 0 spiro atoms. The fourth-order valence-corrected chi connectivity index (χ4v) is 3.87. The average Bonchev–Trinajstić information content (AvgIpc) is 2.84. The van der Waals surface area contributed by atoms with Gasteiger partial charge in [0.25, 0.3) is 0 Å². The highest BCUT2D eigenvalue weighted by atomic mass is 19.1. The van der Waals surface area contributed by atoms with Gasteiger partial charge in [-0.3, -0.25) is 4.79 Å². The van der Waals surface area contributed by atoms with Crippen LogP contribution < -0.4 is 4.90 Å². The Hall–Kier alpha value is -4.12.